The van der Waals surface area contributed by atoms with E-state index in [0.29, 0.717) is 30.6 Å². The number of amides is 2. The van der Waals surface area contributed by atoms with Gasteiger partial charge in [0.25, 0.3) is 11.5 Å². The maximum absolute atomic E-state index is 13.5. The van der Waals surface area contributed by atoms with E-state index in [1.54, 1.807) is 50.7 Å². The molecule has 1 aliphatic heterocycles. The number of aromatic nitrogens is 4. The van der Waals surface area contributed by atoms with Crippen molar-refractivity contribution in [2.75, 3.05) is 30.5 Å². The van der Waals surface area contributed by atoms with Crippen LogP contribution < -0.4 is 21.1 Å². The molecular formula is C30H41N7O5. The molecule has 2 unspecified atom stereocenters. The van der Waals surface area contributed by atoms with Crippen LogP contribution in [0.1, 0.15) is 82.6 Å². The van der Waals surface area contributed by atoms with Gasteiger partial charge in [-0.25, -0.2) is 9.78 Å². The maximum Gasteiger partial charge on any atom is 0.415 e. The van der Waals surface area contributed by atoms with Gasteiger partial charge < -0.3 is 24.7 Å². The third kappa shape index (κ3) is 6.59. The van der Waals surface area contributed by atoms with Crippen LogP contribution in [-0.2, 0) is 9.47 Å². The van der Waals surface area contributed by atoms with E-state index in [9.17, 15) is 14.4 Å². The quantitative estimate of drug-likeness (QED) is 0.431. The second-order valence-corrected chi connectivity index (χ2v) is 12.4. The molecule has 2 amide bonds. The van der Waals surface area contributed by atoms with Gasteiger partial charge in [-0.15, -0.1) is 0 Å². The van der Waals surface area contributed by atoms with Crippen molar-refractivity contribution < 1.29 is 19.1 Å². The van der Waals surface area contributed by atoms with Crippen LogP contribution in [0, 0.1) is 5.92 Å². The highest BCUT2D eigenvalue weighted by Gasteiger charge is 2.27. The molecule has 1 saturated carbocycles. The average Bonchev–Trinajstić information content (AvgIpc) is 3.37. The Bertz CT molecular complexity index is 1500. The molecular weight excluding hydrogens is 538 g/mol. The van der Waals surface area contributed by atoms with Crippen molar-refractivity contribution in [3.05, 3.63) is 46.5 Å². The predicted molar refractivity (Wildman–Crippen MR) is 160 cm³/mol. The highest BCUT2D eigenvalue weighted by Crippen LogP contribution is 2.27. The predicted octanol–water partition coefficient (Wildman–Crippen LogP) is 4.67. The first kappa shape index (κ1) is 29.6. The number of anilines is 3. The summed E-state index contributed by atoms with van der Waals surface area (Å²) in [5.41, 5.74) is -0.0419. The summed E-state index contributed by atoms with van der Waals surface area (Å²) in [6, 6.07) is 5.24. The summed E-state index contributed by atoms with van der Waals surface area (Å²) in [4.78, 5) is 46.0. The smallest absolute Gasteiger partial charge is 0.415 e. The van der Waals surface area contributed by atoms with Crippen LogP contribution >= 0.6 is 0 Å². The van der Waals surface area contributed by atoms with Crippen molar-refractivity contribution in [3.63, 3.8) is 0 Å². The third-order valence-corrected chi connectivity index (χ3v) is 7.80. The average molecular weight is 580 g/mol. The van der Waals surface area contributed by atoms with Crippen LogP contribution in [0.3, 0.4) is 0 Å². The summed E-state index contributed by atoms with van der Waals surface area (Å²) < 4.78 is 14.2. The Hall–Kier alpha value is -3.93. The second-order valence-electron chi connectivity index (χ2n) is 12.4. The van der Waals surface area contributed by atoms with Crippen molar-refractivity contribution >= 4 is 35.0 Å². The van der Waals surface area contributed by atoms with Gasteiger partial charge in [-0.3, -0.25) is 14.5 Å². The fraction of sp³-hybridized carbons (Fsp3) is 0.567. The Morgan fingerprint density at radius 2 is 1.93 bits per heavy atom. The van der Waals surface area contributed by atoms with Gasteiger partial charge in [0, 0.05) is 44.6 Å². The largest absolute Gasteiger partial charge is 0.443 e. The third-order valence-electron chi connectivity index (χ3n) is 7.80. The Labute approximate surface area is 245 Å². The number of pyridine rings is 1. The van der Waals surface area contributed by atoms with Gasteiger partial charge in [-0.2, -0.15) is 9.61 Å². The molecule has 1 aliphatic carbocycles. The van der Waals surface area contributed by atoms with Crippen molar-refractivity contribution in [1.29, 1.82) is 0 Å². The molecule has 3 aromatic heterocycles. The zero-order valence-corrected chi connectivity index (χ0v) is 25.1. The standard InChI is InChI=1S/C30H41N7O5/c1-19-8-6-9-20(16-19)32-27(38)22-18-31-37-25(35(5)29(40)42-30(2,3)4)17-24(34-26(22)37)33-23-10-7-13-36(28(23)39)21-11-14-41-15-12-21/h7,10,13,17-21H,6,8-9,11-12,14-16H2,1-5H3,(H,32,38)(H,33,34). The first-order valence-corrected chi connectivity index (χ1v) is 14.7. The number of nitrogens with zero attached hydrogens (tertiary/aromatic N) is 5. The van der Waals surface area contributed by atoms with Gasteiger partial charge in [0.2, 0.25) is 0 Å². The second kappa shape index (κ2) is 12.1. The van der Waals surface area contributed by atoms with Crippen LogP contribution in [0.5, 0.6) is 0 Å². The lowest BCUT2D eigenvalue weighted by Crippen LogP contribution is -2.38. The number of nitrogens with one attached hydrogen (secondary N) is 2. The summed E-state index contributed by atoms with van der Waals surface area (Å²) >= 11 is 0. The lowest BCUT2D eigenvalue weighted by molar-refractivity contribution is 0.0587. The number of hydrogen-bond donors (Lipinski definition) is 2. The normalized spacial score (nSPS) is 19.8. The minimum Gasteiger partial charge on any atom is -0.443 e. The molecule has 226 valence electrons. The minimum absolute atomic E-state index is 0.0462. The molecule has 42 heavy (non-hydrogen) atoms. The molecule has 3 aromatic rings. The van der Waals surface area contributed by atoms with Crippen LogP contribution in [0.4, 0.5) is 22.1 Å². The highest BCUT2D eigenvalue weighted by molar-refractivity contribution is 6.00. The summed E-state index contributed by atoms with van der Waals surface area (Å²) in [5.74, 6) is 0.881. The van der Waals surface area contributed by atoms with E-state index in [4.69, 9.17) is 14.5 Å². The number of carbonyl (C=O) groups is 2. The lowest BCUT2D eigenvalue weighted by atomic mass is 9.87. The van der Waals surface area contributed by atoms with Gasteiger partial charge in [0.05, 0.1) is 6.20 Å². The van der Waals surface area contributed by atoms with Crippen molar-refractivity contribution in [2.24, 2.45) is 5.92 Å². The molecule has 2 fully saturated rings. The van der Waals surface area contributed by atoms with Crippen molar-refractivity contribution in [1.82, 2.24) is 24.5 Å². The number of ether oxygens (including phenoxy) is 2. The molecule has 5 rings (SSSR count). The molecule has 0 aromatic carbocycles. The zero-order valence-electron chi connectivity index (χ0n) is 25.1. The highest BCUT2D eigenvalue weighted by atomic mass is 16.6. The van der Waals surface area contributed by atoms with Crippen LogP contribution in [0.25, 0.3) is 5.65 Å². The monoisotopic (exact) mass is 579 g/mol. The molecule has 4 heterocycles. The lowest BCUT2D eigenvalue weighted by Gasteiger charge is -2.27. The molecule has 2 N–H and O–H groups in total. The summed E-state index contributed by atoms with van der Waals surface area (Å²) in [6.07, 6.45) is 8.24. The molecule has 2 aliphatic rings. The van der Waals surface area contributed by atoms with E-state index in [2.05, 4.69) is 22.7 Å². The number of carbonyl (C=O) groups excluding carboxylic acids is 2. The topological polar surface area (TPSA) is 132 Å². The Balaban J connectivity index is 1.52. The van der Waals surface area contributed by atoms with E-state index in [-0.39, 0.29) is 40.6 Å². The number of fused-ring (bicyclic) bond motifs is 1. The van der Waals surface area contributed by atoms with Crippen LogP contribution in [0.2, 0.25) is 0 Å². The van der Waals surface area contributed by atoms with Gasteiger partial charge in [-0.1, -0.05) is 19.8 Å². The van der Waals surface area contributed by atoms with Gasteiger partial charge in [-0.05, 0) is 64.5 Å². The Kier molecular flexibility index (Phi) is 8.53. The molecule has 0 radical (unpaired) electrons. The number of rotatable bonds is 6. The Morgan fingerprint density at radius 3 is 2.64 bits per heavy atom. The minimum atomic E-state index is -0.718. The van der Waals surface area contributed by atoms with Crippen molar-refractivity contribution in [2.45, 2.75) is 83.9 Å². The fourth-order valence-corrected chi connectivity index (χ4v) is 5.66. The first-order chi connectivity index (χ1) is 20.0. The summed E-state index contributed by atoms with van der Waals surface area (Å²) in [7, 11) is 1.57. The SMILES string of the molecule is CC1CCCC(NC(=O)c2cnn3c(N(C)C(=O)OC(C)(C)C)cc(Nc4cccn(C5CCOCC5)c4=O)nc23)C1. The number of hydrogen-bond acceptors (Lipinski definition) is 8. The van der Waals surface area contributed by atoms with E-state index < -0.39 is 11.7 Å². The van der Waals surface area contributed by atoms with Gasteiger partial charge >= 0.3 is 6.09 Å². The fourth-order valence-electron chi connectivity index (χ4n) is 5.66. The van der Waals surface area contributed by atoms with E-state index >= 15 is 0 Å². The molecule has 0 spiro atoms. The molecule has 12 nitrogen and oxygen atoms in total. The molecule has 1 saturated heterocycles. The summed E-state index contributed by atoms with van der Waals surface area (Å²) in [5, 5.41) is 10.7. The molecule has 0 bridgehead atoms. The zero-order chi connectivity index (χ0) is 30.0. The van der Waals surface area contributed by atoms with E-state index in [1.165, 1.54) is 15.6 Å². The van der Waals surface area contributed by atoms with Crippen LogP contribution in [-0.4, -0.2) is 63.1 Å². The van der Waals surface area contributed by atoms with Gasteiger partial charge in [0.1, 0.15) is 28.5 Å². The molecule has 2 atom stereocenters. The maximum atomic E-state index is 13.5. The van der Waals surface area contributed by atoms with Crippen molar-refractivity contribution in [3.8, 4) is 0 Å². The van der Waals surface area contributed by atoms with E-state index in [1.807, 2.05) is 6.07 Å². The summed E-state index contributed by atoms with van der Waals surface area (Å²) in [6.45, 7) is 8.78. The first-order valence-electron chi connectivity index (χ1n) is 14.7. The Morgan fingerprint density at radius 1 is 1.17 bits per heavy atom. The van der Waals surface area contributed by atoms with E-state index in [0.717, 1.165) is 38.5 Å². The molecule has 12 heteroatoms. The van der Waals surface area contributed by atoms with Gasteiger partial charge in [0.15, 0.2) is 5.65 Å². The van der Waals surface area contributed by atoms with Crippen LogP contribution in [0.15, 0.2) is 35.4 Å².